The van der Waals surface area contributed by atoms with Gasteiger partial charge in [-0.15, -0.1) is 0 Å². The number of carbonyl (C=O) groups is 1. The number of aromatic hydroxyl groups is 1. The van der Waals surface area contributed by atoms with Crippen LogP contribution >= 0.6 is 0 Å². The molecule has 1 unspecified atom stereocenters. The third-order valence-corrected chi connectivity index (χ3v) is 5.62. The quantitative estimate of drug-likeness (QED) is 0.777. The van der Waals surface area contributed by atoms with E-state index in [9.17, 15) is 9.90 Å². The number of nitrogens with one attached hydrogen (secondary N) is 1. The van der Waals surface area contributed by atoms with Gasteiger partial charge in [0.05, 0.1) is 12.8 Å². The van der Waals surface area contributed by atoms with Gasteiger partial charge in [0.1, 0.15) is 35.2 Å². The summed E-state index contributed by atoms with van der Waals surface area (Å²) >= 11 is 0. The predicted molar refractivity (Wildman–Crippen MR) is 112 cm³/mol. The molecule has 156 valence electrons. The van der Waals surface area contributed by atoms with Crippen LogP contribution in [0.15, 0.2) is 18.2 Å². The normalized spacial score (nSPS) is 17.9. The smallest absolute Gasteiger partial charge is 0.221 e. The minimum atomic E-state index is -0.489. The molecule has 0 saturated carbocycles. The van der Waals surface area contributed by atoms with E-state index in [0.717, 1.165) is 40.8 Å². The molecular weight excluding hydrogens is 370 g/mol. The molecule has 1 heterocycles. The van der Waals surface area contributed by atoms with Crippen molar-refractivity contribution in [2.45, 2.75) is 53.1 Å². The van der Waals surface area contributed by atoms with E-state index in [-0.39, 0.29) is 5.91 Å². The van der Waals surface area contributed by atoms with E-state index in [4.69, 9.17) is 14.2 Å². The van der Waals surface area contributed by atoms with E-state index in [1.807, 2.05) is 27.7 Å². The molecule has 0 aliphatic carbocycles. The van der Waals surface area contributed by atoms with Crippen LogP contribution in [0, 0.1) is 20.8 Å². The topological polar surface area (TPSA) is 77.0 Å². The van der Waals surface area contributed by atoms with E-state index in [1.54, 1.807) is 25.3 Å². The molecule has 6 heteroatoms. The number of rotatable bonds is 5. The number of hydrogen-bond donors (Lipinski definition) is 2. The van der Waals surface area contributed by atoms with Crippen molar-refractivity contribution in [3.05, 3.63) is 40.5 Å². The predicted octanol–water partition coefficient (Wildman–Crippen LogP) is 4.45. The number of carbonyl (C=O) groups excluding carboxylic acids is 1. The molecule has 0 saturated heterocycles. The molecular formula is C23H29NO5. The van der Waals surface area contributed by atoms with Gasteiger partial charge < -0.3 is 24.6 Å². The van der Waals surface area contributed by atoms with Gasteiger partial charge in [-0.3, -0.25) is 4.79 Å². The van der Waals surface area contributed by atoms with Crippen LogP contribution in [0.1, 0.15) is 42.5 Å². The summed E-state index contributed by atoms with van der Waals surface area (Å²) < 4.78 is 17.8. The first kappa shape index (κ1) is 20.8. The van der Waals surface area contributed by atoms with Crippen LogP contribution < -0.4 is 19.5 Å². The molecule has 0 bridgehead atoms. The van der Waals surface area contributed by atoms with Crippen molar-refractivity contribution < 1.29 is 24.1 Å². The minimum absolute atomic E-state index is 0.161. The molecule has 1 aliphatic rings. The lowest BCUT2D eigenvalue weighted by Crippen LogP contribution is -2.42. The largest absolute Gasteiger partial charge is 0.507 e. The lowest BCUT2D eigenvalue weighted by atomic mass is 9.87. The van der Waals surface area contributed by atoms with E-state index >= 15 is 0 Å². The zero-order valence-electron chi connectivity index (χ0n) is 17.9. The Morgan fingerprint density at radius 2 is 1.97 bits per heavy atom. The van der Waals surface area contributed by atoms with Crippen LogP contribution in [-0.2, 0) is 11.2 Å². The Hall–Kier alpha value is -2.89. The fourth-order valence-corrected chi connectivity index (χ4v) is 3.69. The molecule has 2 aromatic rings. The summed E-state index contributed by atoms with van der Waals surface area (Å²) in [6.07, 6.45) is 1.60. The van der Waals surface area contributed by atoms with Crippen molar-refractivity contribution >= 4 is 11.6 Å². The molecule has 0 radical (unpaired) electrons. The van der Waals surface area contributed by atoms with Gasteiger partial charge in [0.25, 0.3) is 0 Å². The number of benzene rings is 2. The van der Waals surface area contributed by atoms with Crippen molar-refractivity contribution in [2.24, 2.45) is 0 Å². The van der Waals surface area contributed by atoms with Crippen molar-refractivity contribution in [1.82, 2.24) is 0 Å². The monoisotopic (exact) mass is 399 g/mol. The van der Waals surface area contributed by atoms with E-state index < -0.39 is 5.60 Å². The summed E-state index contributed by atoms with van der Waals surface area (Å²) in [4.78, 5) is 11.3. The number of phenols is 1. The maximum absolute atomic E-state index is 11.3. The van der Waals surface area contributed by atoms with Gasteiger partial charge in [-0.05, 0) is 69.4 Å². The molecule has 3 rings (SSSR count). The highest BCUT2D eigenvalue weighted by Gasteiger charge is 2.35. The average Bonchev–Trinajstić information content (AvgIpc) is 2.69. The molecule has 0 spiro atoms. The summed E-state index contributed by atoms with van der Waals surface area (Å²) in [5, 5.41) is 13.1. The van der Waals surface area contributed by atoms with Gasteiger partial charge in [0.2, 0.25) is 5.91 Å². The Bertz CT molecular complexity index is 953. The first-order valence-corrected chi connectivity index (χ1v) is 9.74. The number of methoxy groups -OCH3 is 1. The van der Waals surface area contributed by atoms with E-state index in [2.05, 4.69) is 5.32 Å². The van der Waals surface area contributed by atoms with Gasteiger partial charge >= 0.3 is 0 Å². The highest BCUT2D eigenvalue weighted by molar-refractivity contribution is 5.90. The first-order valence-electron chi connectivity index (χ1n) is 9.74. The molecule has 2 N–H and O–H groups in total. The number of fused-ring (bicyclic) bond motifs is 1. The molecule has 0 fully saturated rings. The van der Waals surface area contributed by atoms with Crippen LogP contribution in [0.5, 0.6) is 23.0 Å². The Balaban J connectivity index is 1.78. The van der Waals surface area contributed by atoms with Crippen molar-refractivity contribution in [3.8, 4) is 23.0 Å². The maximum atomic E-state index is 11.3. The molecule has 29 heavy (non-hydrogen) atoms. The van der Waals surface area contributed by atoms with Crippen LogP contribution in [0.3, 0.4) is 0 Å². The number of amides is 1. The molecule has 0 aromatic heterocycles. The summed E-state index contributed by atoms with van der Waals surface area (Å²) in [5.74, 6) is 2.23. The number of anilines is 1. The molecule has 2 aromatic carbocycles. The van der Waals surface area contributed by atoms with Crippen LogP contribution in [0.25, 0.3) is 0 Å². The Kier molecular flexibility index (Phi) is 5.64. The van der Waals surface area contributed by atoms with E-state index in [1.165, 1.54) is 6.92 Å². The number of ether oxygens (including phenoxy) is 3. The maximum Gasteiger partial charge on any atom is 0.221 e. The summed E-state index contributed by atoms with van der Waals surface area (Å²) in [7, 11) is 1.55. The Morgan fingerprint density at radius 3 is 2.62 bits per heavy atom. The number of phenolic OH excluding ortho intramolecular Hbond substituents is 1. The molecule has 1 atom stereocenters. The molecule has 1 amide bonds. The lowest BCUT2D eigenvalue weighted by molar-refractivity contribution is -0.114. The summed E-state index contributed by atoms with van der Waals surface area (Å²) in [5.41, 5.74) is 3.90. The minimum Gasteiger partial charge on any atom is -0.507 e. The molecule has 6 nitrogen and oxygen atoms in total. The summed E-state index contributed by atoms with van der Waals surface area (Å²) in [6.45, 7) is 9.68. The highest BCUT2D eigenvalue weighted by atomic mass is 16.5. The van der Waals surface area contributed by atoms with Gasteiger partial charge in [-0.2, -0.15) is 0 Å². The summed E-state index contributed by atoms with van der Waals surface area (Å²) in [6, 6.07) is 5.31. The Labute approximate surface area is 171 Å². The second-order valence-electron chi connectivity index (χ2n) is 7.92. The third kappa shape index (κ3) is 4.11. The highest BCUT2D eigenvalue weighted by Crippen LogP contribution is 2.43. The zero-order chi connectivity index (χ0) is 21.3. The van der Waals surface area contributed by atoms with Gasteiger partial charge in [-0.25, -0.2) is 0 Å². The van der Waals surface area contributed by atoms with Crippen molar-refractivity contribution in [1.29, 1.82) is 0 Å². The standard InChI is InChI=1S/C23H29NO5/c1-13-14(2)22-18(15(3)21(13)26)9-10-23(5,29-22)12-28-17-7-8-19(24-16(4)25)20(11-17)27-6/h7-8,11,26H,9-10,12H2,1-6H3,(H,24,25). The van der Waals surface area contributed by atoms with E-state index in [0.29, 0.717) is 29.5 Å². The second kappa shape index (κ2) is 7.85. The average molecular weight is 399 g/mol. The van der Waals surface area contributed by atoms with Crippen molar-refractivity contribution in [3.63, 3.8) is 0 Å². The SMILES string of the molecule is COc1cc(OCC2(C)CCc3c(C)c(O)c(C)c(C)c3O2)ccc1NC(C)=O. The van der Waals surface area contributed by atoms with Crippen molar-refractivity contribution in [2.75, 3.05) is 19.0 Å². The molecule has 1 aliphatic heterocycles. The fourth-order valence-electron chi connectivity index (χ4n) is 3.69. The van der Waals surface area contributed by atoms with Gasteiger partial charge in [0.15, 0.2) is 0 Å². The van der Waals surface area contributed by atoms with Crippen LogP contribution in [0.2, 0.25) is 0 Å². The van der Waals surface area contributed by atoms with Gasteiger partial charge in [-0.1, -0.05) is 0 Å². The lowest BCUT2D eigenvalue weighted by Gasteiger charge is -2.37. The Morgan fingerprint density at radius 1 is 1.24 bits per heavy atom. The van der Waals surface area contributed by atoms with Gasteiger partial charge in [0, 0.05) is 18.6 Å². The zero-order valence-corrected chi connectivity index (χ0v) is 17.9. The van der Waals surface area contributed by atoms with Crippen LogP contribution in [-0.4, -0.2) is 30.3 Å². The first-order chi connectivity index (χ1) is 13.6. The number of hydrogen-bond acceptors (Lipinski definition) is 5. The third-order valence-electron chi connectivity index (χ3n) is 5.62. The second-order valence-corrected chi connectivity index (χ2v) is 7.92. The fraction of sp³-hybridized carbons (Fsp3) is 0.435. The van der Waals surface area contributed by atoms with Crippen LogP contribution in [0.4, 0.5) is 5.69 Å².